The van der Waals surface area contributed by atoms with Crippen molar-refractivity contribution in [2.45, 2.75) is 39.2 Å². The Hall–Kier alpha value is -1.62. The van der Waals surface area contributed by atoms with Gasteiger partial charge in [0.05, 0.1) is 4.92 Å². The quantitative estimate of drug-likeness (QED) is 0.641. The maximum Gasteiger partial charge on any atom is 0.287 e. The topological polar surface area (TPSA) is 72.2 Å². The Morgan fingerprint density at radius 2 is 2.21 bits per heavy atom. The highest BCUT2D eigenvalue weighted by Crippen LogP contribution is 2.24. The van der Waals surface area contributed by atoms with E-state index in [1.165, 1.54) is 18.2 Å². The van der Waals surface area contributed by atoms with Gasteiger partial charge in [0, 0.05) is 17.7 Å². The standard InChI is InChI=1S/C13H17ClN2O3/c1-3-4-5-9(2)15-13(17)10-6-7-12(16(18)19)11(14)8-10/h6-9H,3-5H2,1-2H3,(H,15,17). The molecule has 0 aliphatic heterocycles. The smallest absolute Gasteiger partial charge is 0.287 e. The second-order valence-electron chi connectivity index (χ2n) is 4.44. The number of hydrogen-bond acceptors (Lipinski definition) is 3. The van der Waals surface area contributed by atoms with Gasteiger partial charge in [-0.3, -0.25) is 14.9 Å². The van der Waals surface area contributed by atoms with Crippen molar-refractivity contribution in [1.29, 1.82) is 0 Å². The number of nitro benzene ring substituents is 1. The number of carbonyl (C=O) groups excluding carboxylic acids is 1. The molecule has 0 bridgehead atoms. The van der Waals surface area contributed by atoms with Crippen LogP contribution in [0.15, 0.2) is 18.2 Å². The SMILES string of the molecule is CCCCC(C)NC(=O)c1ccc([N+](=O)[O-])c(Cl)c1. The molecule has 0 saturated carbocycles. The Morgan fingerprint density at radius 1 is 1.53 bits per heavy atom. The van der Waals surface area contributed by atoms with Gasteiger partial charge >= 0.3 is 0 Å². The Kier molecular flexibility index (Phi) is 5.76. The van der Waals surface area contributed by atoms with Gasteiger partial charge in [0.15, 0.2) is 0 Å². The number of nitrogens with zero attached hydrogens (tertiary/aromatic N) is 1. The Labute approximate surface area is 117 Å². The molecule has 0 aliphatic rings. The second kappa shape index (κ2) is 7.09. The minimum absolute atomic E-state index is 0.0288. The van der Waals surface area contributed by atoms with Gasteiger partial charge in [-0.05, 0) is 25.5 Å². The summed E-state index contributed by atoms with van der Waals surface area (Å²) in [5.74, 6) is -0.264. The third kappa shape index (κ3) is 4.52. The third-order valence-electron chi connectivity index (χ3n) is 2.77. The molecule has 0 spiro atoms. The van der Waals surface area contributed by atoms with Crippen molar-refractivity contribution in [3.63, 3.8) is 0 Å². The Morgan fingerprint density at radius 3 is 2.74 bits per heavy atom. The predicted octanol–water partition coefficient (Wildman–Crippen LogP) is 3.56. The van der Waals surface area contributed by atoms with Crippen molar-refractivity contribution in [2.75, 3.05) is 0 Å². The molecule has 1 aromatic carbocycles. The van der Waals surface area contributed by atoms with Crippen molar-refractivity contribution < 1.29 is 9.72 Å². The fourth-order valence-electron chi connectivity index (χ4n) is 1.69. The zero-order valence-corrected chi connectivity index (χ0v) is 11.7. The first-order chi connectivity index (χ1) is 8.95. The van der Waals surface area contributed by atoms with E-state index in [1.54, 1.807) is 0 Å². The van der Waals surface area contributed by atoms with Gasteiger partial charge in [-0.25, -0.2) is 0 Å². The van der Waals surface area contributed by atoms with E-state index in [1.807, 2.05) is 6.92 Å². The van der Waals surface area contributed by atoms with Crippen LogP contribution in [0.5, 0.6) is 0 Å². The van der Waals surface area contributed by atoms with Crippen LogP contribution in [-0.4, -0.2) is 16.9 Å². The number of unbranched alkanes of at least 4 members (excludes halogenated alkanes) is 1. The van der Waals surface area contributed by atoms with Gasteiger partial charge in [0.2, 0.25) is 0 Å². The van der Waals surface area contributed by atoms with E-state index in [9.17, 15) is 14.9 Å². The molecule has 1 N–H and O–H groups in total. The molecule has 5 nitrogen and oxygen atoms in total. The summed E-state index contributed by atoms with van der Waals surface area (Å²) in [5, 5.41) is 13.4. The molecule has 0 radical (unpaired) electrons. The summed E-state index contributed by atoms with van der Waals surface area (Å²) in [4.78, 5) is 22.0. The number of benzene rings is 1. The number of halogens is 1. The fourth-order valence-corrected chi connectivity index (χ4v) is 1.94. The van der Waals surface area contributed by atoms with E-state index in [0.717, 1.165) is 19.3 Å². The first-order valence-corrected chi connectivity index (χ1v) is 6.58. The Bertz CT molecular complexity index is 477. The number of rotatable bonds is 6. The normalized spacial score (nSPS) is 11.9. The number of amides is 1. The fraction of sp³-hybridized carbons (Fsp3) is 0.462. The van der Waals surface area contributed by atoms with Crippen LogP contribution in [0.3, 0.4) is 0 Å². The molecule has 6 heteroatoms. The summed E-state index contributed by atoms with van der Waals surface area (Å²) in [5.41, 5.74) is 0.135. The van der Waals surface area contributed by atoms with Crippen molar-refractivity contribution in [2.24, 2.45) is 0 Å². The van der Waals surface area contributed by atoms with Gasteiger partial charge in [-0.15, -0.1) is 0 Å². The van der Waals surface area contributed by atoms with Crippen LogP contribution in [0, 0.1) is 10.1 Å². The average Bonchev–Trinajstić information content (AvgIpc) is 2.35. The zero-order chi connectivity index (χ0) is 14.4. The molecule has 0 saturated heterocycles. The minimum atomic E-state index is -0.576. The van der Waals surface area contributed by atoms with Gasteiger partial charge in [0.25, 0.3) is 11.6 Å². The van der Waals surface area contributed by atoms with E-state index in [4.69, 9.17) is 11.6 Å². The number of nitrogens with one attached hydrogen (secondary N) is 1. The highest BCUT2D eigenvalue weighted by atomic mass is 35.5. The number of carbonyl (C=O) groups is 1. The van der Waals surface area contributed by atoms with E-state index < -0.39 is 4.92 Å². The van der Waals surface area contributed by atoms with Gasteiger partial charge in [-0.2, -0.15) is 0 Å². The molecule has 0 aromatic heterocycles. The van der Waals surface area contributed by atoms with Crippen LogP contribution in [0.1, 0.15) is 43.5 Å². The molecule has 19 heavy (non-hydrogen) atoms. The van der Waals surface area contributed by atoms with Crippen LogP contribution in [0.2, 0.25) is 5.02 Å². The molecule has 1 amide bonds. The first-order valence-electron chi connectivity index (χ1n) is 6.20. The van der Waals surface area contributed by atoms with Crippen LogP contribution in [0.4, 0.5) is 5.69 Å². The second-order valence-corrected chi connectivity index (χ2v) is 4.85. The highest BCUT2D eigenvalue weighted by molar-refractivity contribution is 6.33. The van der Waals surface area contributed by atoms with Crippen LogP contribution in [-0.2, 0) is 0 Å². The minimum Gasteiger partial charge on any atom is -0.350 e. The van der Waals surface area contributed by atoms with Crippen LogP contribution < -0.4 is 5.32 Å². The summed E-state index contributed by atoms with van der Waals surface area (Å²) >= 11 is 5.77. The molecule has 1 atom stereocenters. The lowest BCUT2D eigenvalue weighted by atomic mass is 10.1. The third-order valence-corrected chi connectivity index (χ3v) is 3.08. The van der Waals surface area contributed by atoms with Crippen LogP contribution in [0.25, 0.3) is 0 Å². The van der Waals surface area contributed by atoms with Gasteiger partial charge in [0.1, 0.15) is 5.02 Å². The summed E-state index contributed by atoms with van der Waals surface area (Å²) in [6, 6.07) is 4.04. The lowest BCUT2D eigenvalue weighted by Gasteiger charge is -2.13. The van der Waals surface area contributed by atoms with Crippen molar-refractivity contribution in [3.05, 3.63) is 38.9 Å². The van der Waals surface area contributed by atoms with Crippen molar-refractivity contribution >= 4 is 23.2 Å². The number of hydrogen-bond donors (Lipinski definition) is 1. The first kappa shape index (κ1) is 15.4. The summed E-state index contributed by atoms with van der Waals surface area (Å²) in [6.07, 6.45) is 3.02. The lowest BCUT2D eigenvalue weighted by Crippen LogP contribution is -2.32. The zero-order valence-electron chi connectivity index (χ0n) is 11.0. The Balaban J connectivity index is 2.72. The van der Waals surface area contributed by atoms with E-state index in [2.05, 4.69) is 12.2 Å². The van der Waals surface area contributed by atoms with E-state index in [-0.39, 0.29) is 22.7 Å². The molecular formula is C13H17ClN2O3. The van der Waals surface area contributed by atoms with E-state index >= 15 is 0 Å². The lowest BCUT2D eigenvalue weighted by molar-refractivity contribution is -0.384. The van der Waals surface area contributed by atoms with E-state index in [0.29, 0.717) is 5.56 Å². The highest BCUT2D eigenvalue weighted by Gasteiger charge is 2.16. The monoisotopic (exact) mass is 284 g/mol. The molecule has 0 aliphatic carbocycles. The molecular weight excluding hydrogens is 268 g/mol. The average molecular weight is 285 g/mol. The molecule has 1 unspecified atom stereocenters. The molecule has 1 aromatic rings. The van der Waals surface area contributed by atoms with Gasteiger partial charge in [-0.1, -0.05) is 31.4 Å². The molecule has 1 rings (SSSR count). The summed E-state index contributed by atoms with van der Waals surface area (Å²) in [6.45, 7) is 4.02. The van der Waals surface area contributed by atoms with Crippen molar-refractivity contribution in [3.8, 4) is 0 Å². The molecule has 0 heterocycles. The summed E-state index contributed by atoms with van der Waals surface area (Å²) < 4.78 is 0. The van der Waals surface area contributed by atoms with Crippen molar-refractivity contribution in [1.82, 2.24) is 5.32 Å². The molecule has 0 fully saturated rings. The largest absolute Gasteiger partial charge is 0.350 e. The maximum atomic E-state index is 11.9. The summed E-state index contributed by atoms with van der Waals surface area (Å²) in [7, 11) is 0. The van der Waals surface area contributed by atoms with Gasteiger partial charge < -0.3 is 5.32 Å². The predicted molar refractivity (Wildman–Crippen MR) is 74.6 cm³/mol. The maximum absolute atomic E-state index is 11.9. The molecule has 104 valence electrons. The van der Waals surface area contributed by atoms with Crippen LogP contribution >= 0.6 is 11.6 Å². The number of nitro groups is 1.